The number of rotatable bonds is 1. The van der Waals surface area contributed by atoms with E-state index >= 15 is 0 Å². The highest BCUT2D eigenvalue weighted by Gasteiger charge is 2.61. The molecule has 0 saturated heterocycles. The second-order valence-corrected chi connectivity index (χ2v) is 5.14. The van der Waals surface area contributed by atoms with Gasteiger partial charge in [0.2, 0.25) is 0 Å². The summed E-state index contributed by atoms with van der Waals surface area (Å²) in [4.78, 5) is 12.5. The van der Waals surface area contributed by atoms with Crippen molar-refractivity contribution in [3.8, 4) is 0 Å². The number of imidazole rings is 1. The van der Waals surface area contributed by atoms with Gasteiger partial charge < -0.3 is 15.4 Å². The van der Waals surface area contributed by atoms with E-state index in [1.165, 1.54) is 6.33 Å². The van der Waals surface area contributed by atoms with Crippen molar-refractivity contribution in [2.24, 2.45) is 5.92 Å². The number of aliphatic hydroxyl groups excluding tert-OH is 1. The van der Waals surface area contributed by atoms with Crippen LogP contribution in [0.15, 0.2) is 12.7 Å². The predicted octanol–water partition coefficient (Wildman–Crippen LogP) is 0.278. The lowest BCUT2D eigenvalue weighted by Crippen LogP contribution is -2.19. The third kappa shape index (κ3) is 1.06. The van der Waals surface area contributed by atoms with E-state index < -0.39 is 0 Å². The molecule has 2 aliphatic rings. The van der Waals surface area contributed by atoms with Crippen LogP contribution in [0.5, 0.6) is 0 Å². The Kier molecular flexibility index (Phi) is 1.52. The fourth-order valence-electron chi connectivity index (χ4n) is 3.31. The monoisotopic (exact) mass is 231 g/mol. The van der Waals surface area contributed by atoms with Gasteiger partial charge in [-0.15, -0.1) is 0 Å². The standard InChI is InChI=1S/C11H13N5O/c12-9-8-10(14-4-13-9)16(5-15-8)11-2-6(11)1-7(17)3-11/h4-7,17H,1-3H2,(H2,12,13,14)/t6-,7+,11+/m0/s1. The summed E-state index contributed by atoms with van der Waals surface area (Å²) in [5, 5.41) is 9.73. The van der Waals surface area contributed by atoms with E-state index in [9.17, 15) is 5.11 Å². The zero-order chi connectivity index (χ0) is 11.6. The molecule has 2 saturated carbocycles. The molecule has 2 heterocycles. The molecule has 3 atom stereocenters. The van der Waals surface area contributed by atoms with Crippen molar-refractivity contribution < 1.29 is 5.11 Å². The van der Waals surface area contributed by atoms with E-state index in [0.29, 0.717) is 17.3 Å². The number of nitrogens with zero attached hydrogens (tertiary/aromatic N) is 4. The SMILES string of the molecule is Nc1ncnc2c1ncn2[C@]12C[C@H](O)C[C@H]1C2. The number of hydrogen-bond donors (Lipinski definition) is 2. The maximum Gasteiger partial charge on any atom is 0.165 e. The average Bonchev–Trinajstić information content (AvgIpc) is 2.72. The number of hydrogen-bond acceptors (Lipinski definition) is 5. The third-order valence-corrected chi connectivity index (χ3v) is 4.19. The van der Waals surface area contributed by atoms with Crippen LogP contribution in [0.4, 0.5) is 5.82 Å². The predicted molar refractivity (Wildman–Crippen MR) is 61.1 cm³/mol. The number of aliphatic hydroxyl groups is 1. The van der Waals surface area contributed by atoms with E-state index in [2.05, 4.69) is 19.5 Å². The van der Waals surface area contributed by atoms with Gasteiger partial charge >= 0.3 is 0 Å². The molecular weight excluding hydrogens is 218 g/mol. The molecule has 0 radical (unpaired) electrons. The fraction of sp³-hybridized carbons (Fsp3) is 0.545. The molecule has 0 bridgehead atoms. The Morgan fingerprint density at radius 1 is 1.35 bits per heavy atom. The Hall–Kier alpha value is -1.69. The quantitative estimate of drug-likeness (QED) is 0.735. The van der Waals surface area contributed by atoms with Crippen LogP contribution in [0.3, 0.4) is 0 Å². The van der Waals surface area contributed by atoms with Crippen LogP contribution in [0.1, 0.15) is 19.3 Å². The molecule has 0 spiro atoms. The Morgan fingerprint density at radius 2 is 2.24 bits per heavy atom. The van der Waals surface area contributed by atoms with Gasteiger partial charge in [0.15, 0.2) is 11.5 Å². The zero-order valence-electron chi connectivity index (χ0n) is 9.24. The molecule has 0 unspecified atom stereocenters. The molecular formula is C11H13N5O. The van der Waals surface area contributed by atoms with Crippen molar-refractivity contribution in [3.63, 3.8) is 0 Å². The molecule has 0 aliphatic heterocycles. The Balaban J connectivity index is 1.90. The average molecular weight is 231 g/mol. The van der Waals surface area contributed by atoms with Gasteiger partial charge in [-0.25, -0.2) is 15.0 Å². The van der Waals surface area contributed by atoms with Gasteiger partial charge in [0.1, 0.15) is 11.8 Å². The Labute approximate surface area is 97.5 Å². The Bertz CT molecular complexity index is 609. The summed E-state index contributed by atoms with van der Waals surface area (Å²) in [6, 6.07) is 0. The summed E-state index contributed by atoms with van der Waals surface area (Å²) in [5.41, 5.74) is 7.26. The van der Waals surface area contributed by atoms with Gasteiger partial charge in [-0.05, 0) is 25.2 Å². The molecule has 2 aliphatic carbocycles. The highest BCUT2D eigenvalue weighted by Crippen LogP contribution is 2.61. The van der Waals surface area contributed by atoms with Crippen LogP contribution in [-0.2, 0) is 5.54 Å². The van der Waals surface area contributed by atoms with E-state index in [-0.39, 0.29) is 11.6 Å². The smallest absolute Gasteiger partial charge is 0.165 e. The summed E-state index contributed by atoms with van der Waals surface area (Å²) >= 11 is 0. The maximum atomic E-state index is 9.73. The number of nitrogen functional groups attached to an aromatic ring is 1. The van der Waals surface area contributed by atoms with Gasteiger partial charge in [0.05, 0.1) is 18.0 Å². The summed E-state index contributed by atoms with van der Waals surface area (Å²) in [6.45, 7) is 0. The van der Waals surface area contributed by atoms with Crippen molar-refractivity contribution in [2.45, 2.75) is 30.9 Å². The van der Waals surface area contributed by atoms with Crippen LogP contribution >= 0.6 is 0 Å². The van der Waals surface area contributed by atoms with Gasteiger partial charge in [-0.3, -0.25) is 0 Å². The number of anilines is 1. The Morgan fingerprint density at radius 3 is 3.00 bits per heavy atom. The number of aromatic nitrogens is 4. The molecule has 6 heteroatoms. The minimum atomic E-state index is -0.189. The first-order chi connectivity index (χ1) is 8.21. The summed E-state index contributed by atoms with van der Waals surface area (Å²) < 4.78 is 2.08. The van der Waals surface area contributed by atoms with E-state index in [1.54, 1.807) is 6.33 Å². The minimum Gasteiger partial charge on any atom is -0.393 e. The number of fused-ring (bicyclic) bond motifs is 2. The lowest BCUT2D eigenvalue weighted by molar-refractivity contribution is 0.159. The normalized spacial score (nSPS) is 35.1. The van der Waals surface area contributed by atoms with Crippen molar-refractivity contribution in [1.82, 2.24) is 19.5 Å². The molecule has 0 amide bonds. The van der Waals surface area contributed by atoms with E-state index in [0.717, 1.165) is 24.9 Å². The summed E-state index contributed by atoms with van der Waals surface area (Å²) in [5.74, 6) is 0.979. The van der Waals surface area contributed by atoms with Crippen LogP contribution in [0.25, 0.3) is 11.2 Å². The van der Waals surface area contributed by atoms with Gasteiger partial charge in [0.25, 0.3) is 0 Å². The van der Waals surface area contributed by atoms with Crippen LogP contribution in [0, 0.1) is 5.92 Å². The molecule has 4 rings (SSSR count). The first kappa shape index (κ1) is 9.35. The van der Waals surface area contributed by atoms with Gasteiger partial charge in [-0.2, -0.15) is 0 Å². The van der Waals surface area contributed by atoms with Crippen molar-refractivity contribution in [3.05, 3.63) is 12.7 Å². The van der Waals surface area contributed by atoms with E-state index in [4.69, 9.17) is 5.73 Å². The molecule has 6 nitrogen and oxygen atoms in total. The highest BCUT2D eigenvalue weighted by atomic mass is 16.3. The van der Waals surface area contributed by atoms with Crippen molar-refractivity contribution in [2.75, 3.05) is 5.73 Å². The van der Waals surface area contributed by atoms with Gasteiger partial charge in [0, 0.05) is 0 Å². The minimum absolute atomic E-state index is 0.0367. The molecule has 0 aromatic carbocycles. The maximum absolute atomic E-state index is 9.73. The molecule has 2 fully saturated rings. The fourth-order valence-corrected chi connectivity index (χ4v) is 3.31. The van der Waals surface area contributed by atoms with E-state index in [1.807, 2.05) is 0 Å². The van der Waals surface area contributed by atoms with Crippen molar-refractivity contribution >= 4 is 17.0 Å². The summed E-state index contributed by atoms with van der Waals surface area (Å²) in [6.07, 6.45) is 5.86. The largest absolute Gasteiger partial charge is 0.393 e. The van der Waals surface area contributed by atoms with Crippen LogP contribution in [0.2, 0.25) is 0 Å². The first-order valence-corrected chi connectivity index (χ1v) is 5.83. The second-order valence-electron chi connectivity index (χ2n) is 5.14. The molecule has 2 aromatic heterocycles. The van der Waals surface area contributed by atoms with Crippen LogP contribution in [-0.4, -0.2) is 30.7 Å². The molecule has 88 valence electrons. The lowest BCUT2D eigenvalue weighted by atomic mass is 10.1. The topological polar surface area (TPSA) is 89.9 Å². The lowest BCUT2D eigenvalue weighted by Gasteiger charge is -2.15. The zero-order valence-corrected chi connectivity index (χ0v) is 9.24. The summed E-state index contributed by atoms with van der Waals surface area (Å²) in [7, 11) is 0. The molecule has 2 aromatic rings. The van der Waals surface area contributed by atoms with Gasteiger partial charge in [-0.1, -0.05) is 0 Å². The second kappa shape index (κ2) is 2.76. The third-order valence-electron chi connectivity index (χ3n) is 4.19. The highest BCUT2D eigenvalue weighted by molar-refractivity contribution is 5.81. The van der Waals surface area contributed by atoms with Crippen molar-refractivity contribution in [1.29, 1.82) is 0 Å². The first-order valence-electron chi connectivity index (χ1n) is 5.83. The molecule has 17 heavy (non-hydrogen) atoms. The van der Waals surface area contributed by atoms with Crippen LogP contribution < -0.4 is 5.73 Å². The molecule has 3 N–H and O–H groups in total. The number of nitrogens with two attached hydrogens (primary N) is 1.